The van der Waals surface area contributed by atoms with Crippen LogP contribution in [0.3, 0.4) is 0 Å². The van der Waals surface area contributed by atoms with Crippen LogP contribution in [0.4, 0.5) is 10.8 Å². The standard InChI is InChI=1S/C11H10ClN3OS2/c12-7-2-1-3-8(13)10(7)18-6-9(16)15-11-14-4-5-17-11/h1-5H,6,13H2,(H,14,15,16). The van der Waals surface area contributed by atoms with Crippen LogP contribution in [0.1, 0.15) is 0 Å². The summed E-state index contributed by atoms with van der Waals surface area (Å²) in [5.74, 6) is 0.113. The van der Waals surface area contributed by atoms with Crippen molar-refractivity contribution in [2.24, 2.45) is 0 Å². The maximum Gasteiger partial charge on any atom is 0.236 e. The molecule has 0 saturated carbocycles. The second-order valence-corrected chi connectivity index (χ2v) is 5.62. The average molecular weight is 300 g/mol. The molecule has 1 amide bonds. The van der Waals surface area contributed by atoms with E-state index in [9.17, 15) is 4.79 Å². The molecule has 1 aromatic heterocycles. The van der Waals surface area contributed by atoms with Crippen LogP contribution in [-0.2, 0) is 4.79 Å². The van der Waals surface area contributed by atoms with Gasteiger partial charge in [-0.05, 0) is 12.1 Å². The molecule has 0 fully saturated rings. The topological polar surface area (TPSA) is 68.0 Å². The van der Waals surface area contributed by atoms with Gasteiger partial charge in [0.05, 0.1) is 10.8 Å². The Kier molecular flexibility index (Phi) is 4.46. The number of anilines is 2. The molecule has 0 radical (unpaired) electrons. The lowest BCUT2D eigenvalue weighted by Gasteiger charge is -2.07. The largest absolute Gasteiger partial charge is 0.398 e. The number of nitrogens with two attached hydrogens (primary N) is 1. The SMILES string of the molecule is Nc1cccc(Cl)c1SCC(=O)Nc1nccs1. The summed E-state index contributed by atoms with van der Waals surface area (Å²) in [4.78, 5) is 16.4. The highest BCUT2D eigenvalue weighted by Crippen LogP contribution is 2.32. The lowest BCUT2D eigenvalue weighted by Crippen LogP contribution is -2.13. The third-order valence-electron chi connectivity index (χ3n) is 2.02. The number of halogens is 1. The van der Waals surface area contributed by atoms with Gasteiger partial charge in [-0.25, -0.2) is 4.98 Å². The maximum atomic E-state index is 11.7. The van der Waals surface area contributed by atoms with E-state index in [-0.39, 0.29) is 11.7 Å². The Balaban J connectivity index is 1.93. The Morgan fingerprint density at radius 2 is 2.39 bits per heavy atom. The molecule has 0 bridgehead atoms. The van der Waals surface area contributed by atoms with Crippen molar-refractivity contribution in [2.75, 3.05) is 16.8 Å². The summed E-state index contributed by atoms with van der Waals surface area (Å²) in [6.45, 7) is 0. The number of hydrogen-bond acceptors (Lipinski definition) is 5. The minimum atomic E-state index is -0.130. The minimum Gasteiger partial charge on any atom is -0.398 e. The van der Waals surface area contributed by atoms with Gasteiger partial charge < -0.3 is 11.1 Å². The Labute approximate surface area is 118 Å². The molecule has 0 aliphatic rings. The molecule has 94 valence electrons. The van der Waals surface area contributed by atoms with E-state index in [2.05, 4.69) is 10.3 Å². The summed E-state index contributed by atoms with van der Waals surface area (Å²) in [5, 5.41) is 5.64. The maximum absolute atomic E-state index is 11.7. The Morgan fingerprint density at radius 3 is 3.06 bits per heavy atom. The predicted octanol–water partition coefficient (Wildman–Crippen LogP) is 3.11. The first-order valence-corrected chi connectivity index (χ1v) is 7.27. The number of carbonyl (C=O) groups excluding carboxylic acids is 1. The molecule has 18 heavy (non-hydrogen) atoms. The van der Waals surface area contributed by atoms with E-state index in [0.717, 1.165) is 4.90 Å². The zero-order valence-corrected chi connectivity index (χ0v) is 11.6. The van der Waals surface area contributed by atoms with Crippen LogP contribution >= 0.6 is 34.7 Å². The van der Waals surface area contributed by atoms with Crippen LogP contribution in [0.5, 0.6) is 0 Å². The zero-order chi connectivity index (χ0) is 13.0. The van der Waals surface area contributed by atoms with E-state index in [4.69, 9.17) is 17.3 Å². The molecule has 7 heteroatoms. The number of nitrogens with one attached hydrogen (secondary N) is 1. The van der Waals surface area contributed by atoms with E-state index in [1.807, 2.05) is 0 Å². The van der Waals surface area contributed by atoms with Crippen molar-refractivity contribution in [3.8, 4) is 0 Å². The normalized spacial score (nSPS) is 10.3. The Hall–Kier alpha value is -1.24. The Morgan fingerprint density at radius 1 is 1.56 bits per heavy atom. The van der Waals surface area contributed by atoms with Gasteiger partial charge in [-0.15, -0.1) is 23.1 Å². The number of aromatic nitrogens is 1. The number of thioether (sulfide) groups is 1. The molecule has 4 nitrogen and oxygen atoms in total. The van der Waals surface area contributed by atoms with E-state index in [1.54, 1.807) is 29.8 Å². The predicted molar refractivity (Wildman–Crippen MR) is 77.3 cm³/mol. The Bertz CT molecular complexity index is 525. The quantitative estimate of drug-likeness (QED) is 0.672. The van der Waals surface area contributed by atoms with E-state index in [1.165, 1.54) is 23.1 Å². The number of carbonyl (C=O) groups is 1. The molecule has 0 spiro atoms. The van der Waals surface area contributed by atoms with Gasteiger partial charge >= 0.3 is 0 Å². The molecule has 0 aliphatic heterocycles. The smallest absolute Gasteiger partial charge is 0.236 e. The van der Waals surface area contributed by atoms with Crippen molar-refractivity contribution in [3.63, 3.8) is 0 Å². The van der Waals surface area contributed by atoms with Gasteiger partial charge in [0.25, 0.3) is 0 Å². The molecule has 2 aromatic rings. The van der Waals surface area contributed by atoms with Crippen molar-refractivity contribution < 1.29 is 4.79 Å². The summed E-state index contributed by atoms with van der Waals surface area (Å²) in [5.41, 5.74) is 6.37. The number of benzene rings is 1. The highest BCUT2D eigenvalue weighted by molar-refractivity contribution is 8.00. The monoisotopic (exact) mass is 299 g/mol. The number of hydrogen-bond donors (Lipinski definition) is 2. The average Bonchev–Trinajstić information content (AvgIpc) is 2.81. The molecule has 1 aromatic carbocycles. The van der Waals surface area contributed by atoms with Crippen molar-refractivity contribution in [2.45, 2.75) is 4.90 Å². The summed E-state index contributed by atoms with van der Waals surface area (Å²) < 4.78 is 0. The molecule has 0 saturated heterocycles. The summed E-state index contributed by atoms with van der Waals surface area (Å²) in [6, 6.07) is 5.28. The van der Waals surface area contributed by atoms with Gasteiger partial charge in [-0.3, -0.25) is 4.79 Å². The van der Waals surface area contributed by atoms with Crippen LogP contribution in [0.2, 0.25) is 5.02 Å². The van der Waals surface area contributed by atoms with E-state index < -0.39 is 0 Å². The van der Waals surface area contributed by atoms with Gasteiger partial charge in [0.15, 0.2) is 5.13 Å². The number of nitrogen functional groups attached to an aromatic ring is 1. The van der Waals surface area contributed by atoms with E-state index in [0.29, 0.717) is 15.8 Å². The third kappa shape index (κ3) is 3.38. The second-order valence-electron chi connectivity index (χ2n) is 3.33. The van der Waals surface area contributed by atoms with E-state index >= 15 is 0 Å². The van der Waals surface area contributed by atoms with Crippen molar-refractivity contribution in [1.82, 2.24) is 4.98 Å². The lowest BCUT2D eigenvalue weighted by atomic mass is 10.3. The molecule has 0 aliphatic carbocycles. The number of nitrogens with zero attached hydrogens (tertiary/aromatic N) is 1. The fraction of sp³-hybridized carbons (Fsp3) is 0.0909. The molecule has 2 rings (SSSR count). The van der Waals surface area contributed by atoms with Gasteiger partial charge in [0.1, 0.15) is 0 Å². The zero-order valence-electron chi connectivity index (χ0n) is 9.22. The van der Waals surface area contributed by atoms with Crippen molar-refractivity contribution in [1.29, 1.82) is 0 Å². The molecular weight excluding hydrogens is 290 g/mol. The number of thiazole rings is 1. The van der Waals surface area contributed by atoms with Gasteiger partial charge in [-0.2, -0.15) is 0 Å². The highest BCUT2D eigenvalue weighted by Gasteiger charge is 2.09. The van der Waals surface area contributed by atoms with Gasteiger partial charge in [-0.1, -0.05) is 17.7 Å². The van der Waals surface area contributed by atoms with Crippen LogP contribution in [0.15, 0.2) is 34.7 Å². The molecule has 0 unspecified atom stereocenters. The number of amides is 1. The molecule has 3 N–H and O–H groups in total. The van der Waals surface area contributed by atoms with Gasteiger partial charge in [0.2, 0.25) is 5.91 Å². The molecule has 1 heterocycles. The van der Waals surface area contributed by atoms with Crippen molar-refractivity contribution >= 4 is 51.4 Å². The third-order valence-corrected chi connectivity index (χ3v) is 4.29. The van der Waals surface area contributed by atoms with Crippen LogP contribution in [0, 0.1) is 0 Å². The summed E-state index contributed by atoms with van der Waals surface area (Å²) in [7, 11) is 0. The van der Waals surface area contributed by atoms with Crippen LogP contribution in [0.25, 0.3) is 0 Å². The number of rotatable bonds is 4. The fourth-order valence-corrected chi connectivity index (χ4v) is 2.93. The first kappa shape index (κ1) is 13.2. The van der Waals surface area contributed by atoms with Crippen LogP contribution < -0.4 is 11.1 Å². The molecular formula is C11H10ClN3OS2. The first-order valence-electron chi connectivity index (χ1n) is 5.03. The lowest BCUT2D eigenvalue weighted by molar-refractivity contribution is -0.113. The first-order chi connectivity index (χ1) is 8.66. The molecule has 0 atom stereocenters. The highest BCUT2D eigenvalue weighted by atomic mass is 35.5. The van der Waals surface area contributed by atoms with Crippen LogP contribution in [-0.4, -0.2) is 16.6 Å². The summed E-state index contributed by atoms with van der Waals surface area (Å²) in [6.07, 6.45) is 1.64. The fourth-order valence-electron chi connectivity index (χ4n) is 1.26. The second kappa shape index (κ2) is 6.08. The van der Waals surface area contributed by atoms with Crippen molar-refractivity contribution in [3.05, 3.63) is 34.8 Å². The summed E-state index contributed by atoms with van der Waals surface area (Å²) >= 11 is 8.70. The minimum absolute atomic E-state index is 0.130. The van der Waals surface area contributed by atoms with Gasteiger partial charge in [0, 0.05) is 22.2 Å².